The van der Waals surface area contributed by atoms with Crippen LogP contribution in [0.5, 0.6) is 0 Å². The Labute approximate surface area is 158 Å². The highest BCUT2D eigenvalue weighted by atomic mass is 32.2. The van der Waals surface area contributed by atoms with Crippen LogP contribution in [0.1, 0.15) is 33.6 Å². The molecular weight excluding hydrogens is 368 g/mol. The summed E-state index contributed by atoms with van der Waals surface area (Å²) < 4.78 is 24.7. The smallest absolute Gasteiger partial charge is 0.261 e. The van der Waals surface area contributed by atoms with Crippen LogP contribution in [0.15, 0.2) is 30.3 Å². The van der Waals surface area contributed by atoms with E-state index >= 15 is 0 Å². The summed E-state index contributed by atoms with van der Waals surface area (Å²) in [5.41, 5.74) is 3.85. The van der Waals surface area contributed by atoms with Gasteiger partial charge in [-0.15, -0.1) is 11.3 Å². The van der Waals surface area contributed by atoms with E-state index < -0.39 is 10.0 Å². The quantitative estimate of drug-likeness (QED) is 0.876. The lowest BCUT2D eigenvalue weighted by molar-refractivity contribution is 0.0928. The minimum Gasteiger partial charge on any atom is -0.349 e. The zero-order chi connectivity index (χ0) is 18.3. The van der Waals surface area contributed by atoms with E-state index in [4.69, 9.17) is 0 Å². The average molecular weight is 391 g/mol. The number of aryl methyl sites for hydroxylation is 2. The summed E-state index contributed by atoms with van der Waals surface area (Å²) in [5, 5.41) is 3.09. The molecule has 0 atom stereocenters. The fourth-order valence-electron chi connectivity index (χ4n) is 3.77. The molecule has 2 heterocycles. The van der Waals surface area contributed by atoms with Crippen molar-refractivity contribution in [1.29, 1.82) is 0 Å². The molecule has 2 aliphatic rings. The maximum atomic E-state index is 12.7. The van der Waals surface area contributed by atoms with Gasteiger partial charge in [0.25, 0.3) is 5.91 Å². The summed E-state index contributed by atoms with van der Waals surface area (Å²) in [6.07, 6.45) is 4.55. The Bertz CT molecular complexity index is 941. The number of benzene rings is 1. The van der Waals surface area contributed by atoms with Crippen molar-refractivity contribution >= 4 is 27.3 Å². The van der Waals surface area contributed by atoms with Gasteiger partial charge < -0.3 is 5.32 Å². The molecule has 1 fully saturated rings. The van der Waals surface area contributed by atoms with Gasteiger partial charge in [-0.1, -0.05) is 24.3 Å². The number of amides is 1. The molecule has 0 unspecified atom stereocenters. The van der Waals surface area contributed by atoms with E-state index in [0.29, 0.717) is 25.9 Å². The first-order valence-electron chi connectivity index (χ1n) is 8.89. The first kappa shape index (κ1) is 17.7. The van der Waals surface area contributed by atoms with E-state index in [9.17, 15) is 13.2 Å². The molecule has 1 amide bonds. The molecule has 1 aromatic carbocycles. The van der Waals surface area contributed by atoms with Crippen LogP contribution in [0.25, 0.3) is 10.4 Å². The van der Waals surface area contributed by atoms with E-state index in [-0.39, 0.29) is 11.9 Å². The lowest BCUT2D eigenvalue weighted by Crippen LogP contribution is -2.46. The Kier molecular flexibility index (Phi) is 4.62. The predicted octanol–water partition coefficient (Wildman–Crippen LogP) is 2.67. The number of nitrogens with one attached hydrogen (secondary N) is 1. The first-order valence-corrected chi connectivity index (χ1v) is 11.6. The first-order chi connectivity index (χ1) is 12.4. The van der Waals surface area contributed by atoms with Crippen LogP contribution in [0.3, 0.4) is 0 Å². The zero-order valence-corrected chi connectivity index (χ0v) is 16.3. The van der Waals surface area contributed by atoms with Crippen molar-refractivity contribution in [2.45, 2.75) is 31.7 Å². The summed E-state index contributed by atoms with van der Waals surface area (Å²) in [6, 6.07) is 10.5. The Hall–Kier alpha value is -1.70. The van der Waals surface area contributed by atoms with Gasteiger partial charge in [-0.25, -0.2) is 12.7 Å². The highest BCUT2D eigenvalue weighted by Crippen LogP contribution is 2.39. The Balaban J connectivity index is 1.45. The van der Waals surface area contributed by atoms with Crippen molar-refractivity contribution in [2.75, 3.05) is 19.3 Å². The molecule has 1 aromatic heterocycles. The number of hydrogen-bond acceptors (Lipinski definition) is 4. The molecule has 1 aliphatic heterocycles. The molecule has 1 aliphatic carbocycles. The van der Waals surface area contributed by atoms with Crippen molar-refractivity contribution in [3.05, 3.63) is 46.3 Å². The van der Waals surface area contributed by atoms with E-state index in [1.54, 1.807) is 11.3 Å². The fourth-order valence-corrected chi connectivity index (χ4v) is 5.82. The van der Waals surface area contributed by atoms with Crippen LogP contribution in [0.4, 0.5) is 0 Å². The standard InChI is InChI=1S/C19H22N2O3S2/c1-26(23,24)21-10-8-15(9-11-21)20-19(22)17-12-14-7-6-13-4-2-3-5-16(13)18(14)25-17/h2-5,12,15H,6-11H2,1H3,(H,20,22). The third-order valence-corrected chi connectivity index (χ3v) is 7.73. The van der Waals surface area contributed by atoms with Crippen LogP contribution in [-0.4, -0.2) is 44.0 Å². The lowest BCUT2D eigenvalue weighted by atomic mass is 9.91. The van der Waals surface area contributed by atoms with Crippen LogP contribution in [-0.2, 0) is 22.9 Å². The highest BCUT2D eigenvalue weighted by Gasteiger charge is 2.27. The second kappa shape index (κ2) is 6.79. The van der Waals surface area contributed by atoms with Crippen molar-refractivity contribution in [3.63, 3.8) is 0 Å². The second-order valence-electron chi connectivity index (χ2n) is 7.03. The summed E-state index contributed by atoms with van der Waals surface area (Å²) in [4.78, 5) is 14.6. The van der Waals surface area contributed by atoms with Gasteiger partial charge in [0.05, 0.1) is 11.1 Å². The minimum absolute atomic E-state index is 0.0342. The van der Waals surface area contributed by atoms with E-state index in [2.05, 4.69) is 23.5 Å². The SMILES string of the molecule is CS(=O)(=O)N1CCC(NC(=O)c2cc3c(s2)-c2ccccc2CC3)CC1. The topological polar surface area (TPSA) is 66.5 Å². The maximum absolute atomic E-state index is 12.7. The van der Waals surface area contributed by atoms with E-state index in [1.807, 2.05) is 12.1 Å². The fraction of sp³-hybridized carbons (Fsp3) is 0.421. The van der Waals surface area contributed by atoms with Gasteiger partial charge in [0.2, 0.25) is 10.0 Å². The average Bonchev–Trinajstić information content (AvgIpc) is 3.06. The monoisotopic (exact) mass is 390 g/mol. The molecule has 2 aromatic rings. The molecule has 0 spiro atoms. The lowest BCUT2D eigenvalue weighted by Gasteiger charge is -2.30. The molecule has 0 radical (unpaired) electrons. The Morgan fingerprint density at radius 3 is 2.58 bits per heavy atom. The molecular formula is C19H22N2O3S2. The van der Waals surface area contributed by atoms with Crippen LogP contribution >= 0.6 is 11.3 Å². The van der Waals surface area contributed by atoms with Crippen LogP contribution < -0.4 is 5.32 Å². The van der Waals surface area contributed by atoms with E-state index in [1.165, 1.54) is 32.1 Å². The zero-order valence-electron chi connectivity index (χ0n) is 14.7. The summed E-state index contributed by atoms with van der Waals surface area (Å²) in [6.45, 7) is 0.941. The van der Waals surface area contributed by atoms with Crippen LogP contribution in [0.2, 0.25) is 0 Å². The highest BCUT2D eigenvalue weighted by molar-refractivity contribution is 7.88. The number of fused-ring (bicyclic) bond motifs is 3. The summed E-state index contributed by atoms with van der Waals surface area (Å²) in [7, 11) is -3.14. The van der Waals surface area contributed by atoms with Gasteiger partial charge in [0.15, 0.2) is 0 Å². The van der Waals surface area contributed by atoms with Crippen molar-refractivity contribution in [1.82, 2.24) is 9.62 Å². The van der Waals surface area contributed by atoms with Gasteiger partial charge in [0.1, 0.15) is 0 Å². The maximum Gasteiger partial charge on any atom is 0.261 e. The molecule has 138 valence electrons. The number of piperidine rings is 1. The number of rotatable bonds is 3. The van der Waals surface area contributed by atoms with Gasteiger partial charge in [-0.05, 0) is 48.4 Å². The van der Waals surface area contributed by atoms with Gasteiger partial charge >= 0.3 is 0 Å². The molecule has 0 saturated carbocycles. The minimum atomic E-state index is -3.14. The summed E-state index contributed by atoms with van der Waals surface area (Å²) >= 11 is 1.56. The third-order valence-electron chi connectivity index (χ3n) is 5.22. The number of carbonyl (C=O) groups is 1. The van der Waals surface area contributed by atoms with Gasteiger partial charge in [-0.3, -0.25) is 4.79 Å². The molecule has 1 N–H and O–H groups in total. The normalized spacial score (nSPS) is 18.2. The molecule has 5 nitrogen and oxygen atoms in total. The van der Waals surface area contributed by atoms with Gasteiger partial charge in [0, 0.05) is 24.0 Å². The van der Waals surface area contributed by atoms with Gasteiger partial charge in [-0.2, -0.15) is 0 Å². The molecule has 26 heavy (non-hydrogen) atoms. The molecule has 7 heteroatoms. The Morgan fingerprint density at radius 1 is 1.15 bits per heavy atom. The largest absolute Gasteiger partial charge is 0.349 e. The van der Waals surface area contributed by atoms with Crippen molar-refractivity contribution in [2.24, 2.45) is 0 Å². The molecule has 0 bridgehead atoms. The second-order valence-corrected chi connectivity index (χ2v) is 10.1. The van der Waals surface area contributed by atoms with Crippen molar-refractivity contribution < 1.29 is 13.2 Å². The number of carbonyl (C=O) groups excluding carboxylic acids is 1. The van der Waals surface area contributed by atoms with Crippen LogP contribution in [0, 0.1) is 0 Å². The number of nitrogens with zero attached hydrogens (tertiary/aromatic N) is 1. The molecule has 1 saturated heterocycles. The Morgan fingerprint density at radius 2 is 1.85 bits per heavy atom. The number of hydrogen-bond donors (Lipinski definition) is 1. The predicted molar refractivity (Wildman–Crippen MR) is 104 cm³/mol. The number of thiophene rings is 1. The van der Waals surface area contributed by atoms with E-state index in [0.717, 1.165) is 17.7 Å². The summed E-state index contributed by atoms with van der Waals surface area (Å²) in [5.74, 6) is -0.0420. The van der Waals surface area contributed by atoms with Crippen molar-refractivity contribution in [3.8, 4) is 10.4 Å². The third kappa shape index (κ3) is 3.43. The molecule has 4 rings (SSSR count). The number of sulfonamides is 1.